The molecule has 1 atom stereocenters. The Bertz CT molecular complexity index is 204. The summed E-state index contributed by atoms with van der Waals surface area (Å²) in [4.78, 5) is 16.8. The second-order valence-corrected chi connectivity index (χ2v) is 3.16. The van der Waals surface area contributed by atoms with Crippen LogP contribution in [0, 0.1) is 0 Å². The fourth-order valence-corrected chi connectivity index (χ4v) is 1.16. The summed E-state index contributed by atoms with van der Waals surface area (Å²) in [6, 6.07) is 0.506. The van der Waals surface area contributed by atoms with Crippen LogP contribution < -0.4 is 10.6 Å². The zero-order valence-electron chi connectivity index (χ0n) is 8.08. The highest BCUT2D eigenvalue weighted by molar-refractivity contribution is 5.79. The van der Waals surface area contributed by atoms with Gasteiger partial charge in [0, 0.05) is 19.6 Å². The van der Waals surface area contributed by atoms with Gasteiger partial charge >= 0.3 is 0 Å². The second-order valence-electron chi connectivity index (χ2n) is 3.16. The summed E-state index contributed by atoms with van der Waals surface area (Å²) in [5.41, 5.74) is 0. The number of likely N-dealkylation sites (N-methyl/N-ethyl adjacent to an activating group) is 1. The van der Waals surface area contributed by atoms with E-state index < -0.39 is 0 Å². The Morgan fingerprint density at radius 2 is 2.62 bits per heavy atom. The van der Waals surface area contributed by atoms with Crippen LogP contribution >= 0.6 is 0 Å². The van der Waals surface area contributed by atoms with Gasteiger partial charge in [-0.15, -0.1) is 0 Å². The number of hydrogen-bond acceptors (Lipinski definition) is 3. The first kappa shape index (κ1) is 9.98. The number of hydrogen-bond donors (Lipinski definition) is 2. The van der Waals surface area contributed by atoms with Gasteiger partial charge in [-0.2, -0.15) is 0 Å². The van der Waals surface area contributed by atoms with Crippen molar-refractivity contribution in [2.75, 3.05) is 26.8 Å². The van der Waals surface area contributed by atoms with E-state index in [1.165, 1.54) is 0 Å². The lowest BCUT2D eigenvalue weighted by molar-refractivity contribution is -0.119. The predicted molar refractivity (Wildman–Crippen MR) is 51.6 cm³/mol. The standard InChI is InChI=1S/C8H16N4O/c1-7-4-12(6-11-7)5-10-3-8(13)9-2/h5,7,11H,3-4,6H2,1-2H3,(H,9,13). The number of amides is 1. The van der Waals surface area contributed by atoms with Crippen molar-refractivity contribution in [1.29, 1.82) is 0 Å². The molecule has 1 saturated heterocycles. The van der Waals surface area contributed by atoms with Crippen molar-refractivity contribution in [3.63, 3.8) is 0 Å². The zero-order valence-corrected chi connectivity index (χ0v) is 8.08. The van der Waals surface area contributed by atoms with Crippen molar-refractivity contribution in [2.45, 2.75) is 13.0 Å². The van der Waals surface area contributed by atoms with Crippen LogP contribution in [0.4, 0.5) is 0 Å². The van der Waals surface area contributed by atoms with E-state index in [0.717, 1.165) is 13.2 Å². The normalized spacial score (nSPS) is 22.6. The van der Waals surface area contributed by atoms with E-state index in [0.29, 0.717) is 6.04 Å². The van der Waals surface area contributed by atoms with Crippen molar-refractivity contribution >= 4 is 12.2 Å². The molecule has 74 valence electrons. The van der Waals surface area contributed by atoms with E-state index >= 15 is 0 Å². The van der Waals surface area contributed by atoms with Crippen molar-refractivity contribution in [2.24, 2.45) is 4.99 Å². The van der Waals surface area contributed by atoms with Gasteiger partial charge in [-0.3, -0.25) is 15.1 Å². The molecule has 5 nitrogen and oxygen atoms in total. The Kier molecular flexibility index (Phi) is 3.70. The molecule has 0 radical (unpaired) electrons. The Morgan fingerprint density at radius 3 is 3.15 bits per heavy atom. The van der Waals surface area contributed by atoms with Gasteiger partial charge in [0.2, 0.25) is 5.91 Å². The number of rotatable bonds is 3. The van der Waals surface area contributed by atoms with Crippen LogP contribution in [0.1, 0.15) is 6.92 Å². The minimum Gasteiger partial charge on any atom is -0.358 e. The van der Waals surface area contributed by atoms with Crippen molar-refractivity contribution in [3.05, 3.63) is 0 Å². The van der Waals surface area contributed by atoms with Gasteiger partial charge in [-0.25, -0.2) is 0 Å². The first-order chi connectivity index (χ1) is 6.22. The van der Waals surface area contributed by atoms with Crippen LogP contribution in [0.25, 0.3) is 0 Å². The molecule has 5 heteroatoms. The van der Waals surface area contributed by atoms with Crippen molar-refractivity contribution in [1.82, 2.24) is 15.5 Å². The number of nitrogens with zero attached hydrogens (tertiary/aromatic N) is 2. The lowest BCUT2D eigenvalue weighted by atomic mass is 10.4. The number of carbonyl (C=O) groups is 1. The topological polar surface area (TPSA) is 56.7 Å². The van der Waals surface area contributed by atoms with E-state index in [1.54, 1.807) is 13.4 Å². The molecule has 0 aromatic rings. The van der Waals surface area contributed by atoms with E-state index in [1.807, 2.05) is 4.90 Å². The van der Waals surface area contributed by atoms with E-state index in [9.17, 15) is 4.79 Å². The number of aliphatic imine (C=N–C) groups is 1. The minimum absolute atomic E-state index is 0.0588. The summed E-state index contributed by atoms with van der Waals surface area (Å²) in [7, 11) is 1.61. The smallest absolute Gasteiger partial charge is 0.241 e. The molecular formula is C8H16N4O. The molecule has 0 bridgehead atoms. The van der Waals surface area contributed by atoms with Crippen LogP contribution in [0.3, 0.4) is 0 Å². The zero-order chi connectivity index (χ0) is 9.68. The SMILES string of the molecule is CNC(=O)CN=CN1CNC(C)C1. The Balaban J connectivity index is 2.20. The molecule has 0 aromatic carbocycles. The molecule has 2 N–H and O–H groups in total. The van der Waals surface area contributed by atoms with E-state index in [2.05, 4.69) is 22.5 Å². The van der Waals surface area contributed by atoms with Crippen molar-refractivity contribution in [3.8, 4) is 0 Å². The number of carbonyl (C=O) groups excluding carboxylic acids is 1. The second kappa shape index (κ2) is 4.81. The summed E-state index contributed by atoms with van der Waals surface area (Å²) in [6.07, 6.45) is 1.73. The third-order valence-corrected chi connectivity index (χ3v) is 1.91. The largest absolute Gasteiger partial charge is 0.358 e. The van der Waals surface area contributed by atoms with E-state index in [-0.39, 0.29) is 12.5 Å². The predicted octanol–water partition coefficient (Wildman–Crippen LogP) is -0.988. The van der Waals surface area contributed by atoms with Crippen LogP contribution in [0.15, 0.2) is 4.99 Å². The van der Waals surface area contributed by atoms with E-state index in [4.69, 9.17) is 0 Å². The molecule has 0 aliphatic carbocycles. The highest BCUT2D eigenvalue weighted by atomic mass is 16.1. The molecule has 1 unspecified atom stereocenters. The maximum Gasteiger partial charge on any atom is 0.241 e. The van der Waals surface area contributed by atoms with Crippen LogP contribution in [0.2, 0.25) is 0 Å². The first-order valence-corrected chi connectivity index (χ1v) is 4.40. The highest BCUT2D eigenvalue weighted by Crippen LogP contribution is 1.95. The third-order valence-electron chi connectivity index (χ3n) is 1.91. The fourth-order valence-electron chi connectivity index (χ4n) is 1.16. The molecule has 0 aromatic heterocycles. The van der Waals surface area contributed by atoms with Gasteiger partial charge in [0.15, 0.2) is 0 Å². The highest BCUT2D eigenvalue weighted by Gasteiger charge is 2.13. The Hall–Kier alpha value is -1.10. The Morgan fingerprint density at radius 1 is 1.85 bits per heavy atom. The van der Waals surface area contributed by atoms with Crippen molar-refractivity contribution < 1.29 is 4.79 Å². The van der Waals surface area contributed by atoms with Gasteiger partial charge in [-0.05, 0) is 6.92 Å². The fraction of sp³-hybridized carbons (Fsp3) is 0.750. The van der Waals surface area contributed by atoms with Crippen LogP contribution in [0.5, 0.6) is 0 Å². The van der Waals surface area contributed by atoms with Gasteiger partial charge in [0.25, 0.3) is 0 Å². The monoisotopic (exact) mass is 184 g/mol. The van der Waals surface area contributed by atoms with Crippen LogP contribution in [-0.4, -0.2) is 50.0 Å². The molecular weight excluding hydrogens is 168 g/mol. The molecule has 1 heterocycles. The van der Waals surface area contributed by atoms with Gasteiger partial charge in [0.1, 0.15) is 6.54 Å². The summed E-state index contributed by atoms with van der Waals surface area (Å²) in [5, 5.41) is 5.77. The summed E-state index contributed by atoms with van der Waals surface area (Å²) in [5.74, 6) is -0.0588. The molecule has 1 amide bonds. The maximum absolute atomic E-state index is 10.8. The first-order valence-electron chi connectivity index (χ1n) is 4.40. The van der Waals surface area contributed by atoms with Gasteiger partial charge in [-0.1, -0.05) is 0 Å². The lowest BCUT2D eigenvalue weighted by Gasteiger charge is -2.08. The lowest BCUT2D eigenvalue weighted by Crippen LogP contribution is -2.23. The maximum atomic E-state index is 10.8. The van der Waals surface area contributed by atoms with Gasteiger partial charge in [0.05, 0.1) is 13.0 Å². The molecule has 1 fully saturated rings. The van der Waals surface area contributed by atoms with Gasteiger partial charge < -0.3 is 10.2 Å². The molecule has 1 rings (SSSR count). The third kappa shape index (κ3) is 3.42. The molecule has 1 aliphatic heterocycles. The Labute approximate surface area is 78.2 Å². The molecule has 0 saturated carbocycles. The quantitative estimate of drug-likeness (QED) is 0.437. The molecule has 0 spiro atoms. The molecule has 1 aliphatic rings. The van der Waals surface area contributed by atoms with Crippen LogP contribution in [-0.2, 0) is 4.79 Å². The summed E-state index contributed by atoms with van der Waals surface area (Å²) in [6.45, 7) is 4.10. The average molecular weight is 184 g/mol. The summed E-state index contributed by atoms with van der Waals surface area (Å²) >= 11 is 0. The minimum atomic E-state index is -0.0588. The summed E-state index contributed by atoms with van der Waals surface area (Å²) < 4.78 is 0. The average Bonchev–Trinajstić information content (AvgIpc) is 2.51. The number of nitrogens with one attached hydrogen (secondary N) is 2. The molecule has 13 heavy (non-hydrogen) atoms.